The zero-order chi connectivity index (χ0) is 18.2. The Labute approximate surface area is 144 Å². The molecule has 0 aliphatic carbocycles. The van der Waals surface area contributed by atoms with Crippen molar-refractivity contribution in [1.29, 1.82) is 0 Å². The van der Waals surface area contributed by atoms with Crippen molar-refractivity contribution in [3.63, 3.8) is 0 Å². The number of carbonyl (C=O) groups is 2. The average Bonchev–Trinajstić information content (AvgIpc) is 2.52. The molecule has 24 heavy (non-hydrogen) atoms. The molecule has 0 spiro atoms. The summed E-state index contributed by atoms with van der Waals surface area (Å²) in [5, 5.41) is 11.5. The number of unbranched alkanes of at least 4 members (excludes halogenated alkanes) is 1. The summed E-state index contributed by atoms with van der Waals surface area (Å²) >= 11 is 0. The van der Waals surface area contributed by atoms with Gasteiger partial charge in [-0.25, -0.2) is 0 Å². The van der Waals surface area contributed by atoms with Crippen molar-refractivity contribution >= 4 is 11.9 Å². The first-order chi connectivity index (χ1) is 11.2. The Balaban J connectivity index is 2.53. The van der Waals surface area contributed by atoms with Crippen LogP contribution in [0.25, 0.3) is 0 Å². The Bertz CT molecular complexity index is 535. The third-order valence-electron chi connectivity index (χ3n) is 3.83. The van der Waals surface area contributed by atoms with Gasteiger partial charge in [0.1, 0.15) is 5.75 Å². The molecule has 0 radical (unpaired) electrons. The maximum atomic E-state index is 12.4. The topological polar surface area (TPSA) is 75.6 Å². The highest BCUT2D eigenvalue weighted by atomic mass is 16.5. The Hall–Kier alpha value is -2.04. The number of carboxylic acid groups (broad SMARTS) is 1. The maximum Gasteiger partial charge on any atom is 0.303 e. The molecule has 5 nitrogen and oxygen atoms in total. The van der Waals surface area contributed by atoms with Crippen LogP contribution >= 0.6 is 0 Å². The lowest BCUT2D eigenvalue weighted by molar-refractivity contribution is -0.137. The summed E-state index contributed by atoms with van der Waals surface area (Å²) in [6, 6.07) is 7.61. The summed E-state index contributed by atoms with van der Waals surface area (Å²) < 4.78 is 5.66. The number of nitrogens with one attached hydrogen (secondary N) is 1. The highest BCUT2D eigenvalue weighted by Crippen LogP contribution is 2.25. The Morgan fingerprint density at radius 2 is 1.79 bits per heavy atom. The van der Waals surface area contributed by atoms with Crippen molar-refractivity contribution in [2.75, 3.05) is 13.2 Å². The van der Waals surface area contributed by atoms with E-state index in [9.17, 15) is 9.59 Å². The molecule has 0 heterocycles. The normalized spacial score (nSPS) is 11.4. The highest BCUT2D eigenvalue weighted by molar-refractivity contribution is 5.87. The van der Waals surface area contributed by atoms with Gasteiger partial charge < -0.3 is 15.2 Å². The molecule has 0 aromatic heterocycles. The van der Waals surface area contributed by atoms with Gasteiger partial charge in [-0.3, -0.25) is 9.59 Å². The van der Waals surface area contributed by atoms with Crippen molar-refractivity contribution in [3.05, 3.63) is 29.8 Å². The molecule has 0 atom stereocenters. The smallest absolute Gasteiger partial charge is 0.303 e. The fourth-order valence-corrected chi connectivity index (χ4v) is 2.19. The van der Waals surface area contributed by atoms with Crippen molar-refractivity contribution in [2.24, 2.45) is 5.92 Å². The van der Waals surface area contributed by atoms with E-state index in [1.165, 1.54) is 0 Å². The van der Waals surface area contributed by atoms with E-state index in [4.69, 9.17) is 9.84 Å². The predicted molar refractivity (Wildman–Crippen MR) is 94.3 cm³/mol. The SMILES string of the molecule is CC(C)COc1ccc(C(C)(C)C(=O)NCCCCC(=O)O)cc1. The summed E-state index contributed by atoms with van der Waals surface area (Å²) in [7, 11) is 0. The number of ether oxygens (including phenoxy) is 1. The Morgan fingerprint density at radius 3 is 2.33 bits per heavy atom. The molecule has 1 aromatic carbocycles. The second-order valence-electron chi connectivity index (χ2n) is 6.96. The molecule has 0 fully saturated rings. The van der Waals surface area contributed by atoms with Gasteiger partial charge in [-0.2, -0.15) is 0 Å². The fourth-order valence-electron chi connectivity index (χ4n) is 2.19. The van der Waals surface area contributed by atoms with Crippen LogP contribution in [0.5, 0.6) is 5.75 Å². The average molecular weight is 335 g/mol. The van der Waals surface area contributed by atoms with Crippen molar-refractivity contribution in [3.8, 4) is 5.75 Å². The summed E-state index contributed by atoms with van der Waals surface area (Å²) in [5.74, 6) is 0.403. The molecular formula is C19H29NO4. The third-order valence-corrected chi connectivity index (χ3v) is 3.83. The van der Waals surface area contributed by atoms with Crippen molar-refractivity contribution < 1.29 is 19.4 Å². The minimum absolute atomic E-state index is 0.0614. The first-order valence-corrected chi connectivity index (χ1v) is 8.47. The molecule has 1 aromatic rings. The van der Waals surface area contributed by atoms with Crippen molar-refractivity contribution in [1.82, 2.24) is 5.32 Å². The number of rotatable bonds is 10. The zero-order valence-electron chi connectivity index (χ0n) is 15.1. The lowest BCUT2D eigenvalue weighted by atomic mass is 9.83. The molecular weight excluding hydrogens is 306 g/mol. The predicted octanol–water partition coefficient (Wildman–Crippen LogP) is 3.37. The van der Waals surface area contributed by atoms with Crippen LogP contribution < -0.4 is 10.1 Å². The van der Waals surface area contributed by atoms with Gasteiger partial charge in [0.2, 0.25) is 5.91 Å². The van der Waals surface area contributed by atoms with E-state index in [-0.39, 0.29) is 12.3 Å². The van der Waals surface area contributed by atoms with Gasteiger partial charge in [0.25, 0.3) is 0 Å². The van der Waals surface area contributed by atoms with E-state index in [0.717, 1.165) is 11.3 Å². The number of benzene rings is 1. The van der Waals surface area contributed by atoms with Crippen LogP contribution in [-0.2, 0) is 15.0 Å². The van der Waals surface area contributed by atoms with E-state index in [2.05, 4.69) is 19.2 Å². The first-order valence-electron chi connectivity index (χ1n) is 8.47. The number of carboxylic acids is 1. The van der Waals surface area contributed by atoms with Gasteiger partial charge in [0.15, 0.2) is 0 Å². The van der Waals surface area contributed by atoms with Gasteiger partial charge >= 0.3 is 5.97 Å². The largest absolute Gasteiger partial charge is 0.493 e. The molecule has 0 aliphatic rings. The third kappa shape index (κ3) is 6.60. The summed E-state index contributed by atoms with van der Waals surface area (Å²) in [6.07, 6.45) is 1.37. The van der Waals surface area contributed by atoms with Crippen LogP contribution in [0.15, 0.2) is 24.3 Å². The summed E-state index contributed by atoms with van der Waals surface area (Å²) in [5.41, 5.74) is 0.269. The van der Waals surface area contributed by atoms with Crippen LogP contribution in [0.2, 0.25) is 0 Å². The molecule has 0 saturated heterocycles. The lowest BCUT2D eigenvalue weighted by Gasteiger charge is -2.24. The van der Waals surface area contributed by atoms with Crippen LogP contribution in [0.1, 0.15) is 52.5 Å². The minimum atomic E-state index is -0.804. The molecule has 5 heteroatoms. The number of amides is 1. The van der Waals surface area contributed by atoms with Crippen LogP contribution in [0, 0.1) is 5.92 Å². The summed E-state index contributed by atoms with van der Waals surface area (Å²) in [6.45, 7) is 9.11. The molecule has 2 N–H and O–H groups in total. The van der Waals surface area contributed by atoms with E-state index < -0.39 is 11.4 Å². The fraction of sp³-hybridized carbons (Fsp3) is 0.579. The maximum absolute atomic E-state index is 12.4. The second kappa shape index (κ2) is 9.30. The Morgan fingerprint density at radius 1 is 1.17 bits per heavy atom. The zero-order valence-corrected chi connectivity index (χ0v) is 15.1. The van der Waals surface area contributed by atoms with Gasteiger partial charge in [-0.15, -0.1) is 0 Å². The van der Waals surface area contributed by atoms with Gasteiger partial charge in [0, 0.05) is 13.0 Å². The quantitative estimate of drug-likeness (QED) is 0.643. The first kappa shape index (κ1) is 20.0. The van der Waals surface area contributed by atoms with E-state index in [1.54, 1.807) is 0 Å². The highest BCUT2D eigenvalue weighted by Gasteiger charge is 2.29. The monoisotopic (exact) mass is 335 g/mol. The molecule has 0 bridgehead atoms. The molecule has 1 rings (SSSR count). The molecule has 0 aliphatic heterocycles. The lowest BCUT2D eigenvalue weighted by Crippen LogP contribution is -2.40. The summed E-state index contributed by atoms with van der Waals surface area (Å²) in [4.78, 5) is 22.9. The van der Waals surface area contributed by atoms with Crippen molar-refractivity contribution in [2.45, 2.75) is 52.4 Å². The molecule has 134 valence electrons. The number of hydrogen-bond acceptors (Lipinski definition) is 3. The van der Waals surface area contributed by atoms with Crippen LogP contribution in [0.4, 0.5) is 0 Å². The number of carbonyl (C=O) groups excluding carboxylic acids is 1. The Kier molecular flexibility index (Phi) is 7.75. The van der Waals surface area contributed by atoms with Crippen LogP contribution in [-0.4, -0.2) is 30.1 Å². The molecule has 1 amide bonds. The van der Waals surface area contributed by atoms with E-state index in [0.29, 0.717) is 31.9 Å². The van der Waals surface area contributed by atoms with Gasteiger partial charge in [-0.1, -0.05) is 26.0 Å². The second-order valence-corrected chi connectivity index (χ2v) is 6.96. The molecule has 0 unspecified atom stereocenters. The standard InChI is InChI=1S/C19H29NO4/c1-14(2)13-24-16-10-8-15(9-11-16)19(3,4)18(23)20-12-6-5-7-17(21)22/h8-11,14H,5-7,12-13H2,1-4H3,(H,20,23)(H,21,22). The van der Waals surface area contributed by atoms with Gasteiger partial charge in [-0.05, 0) is 50.3 Å². The minimum Gasteiger partial charge on any atom is -0.493 e. The van der Waals surface area contributed by atoms with E-state index in [1.807, 2.05) is 38.1 Å². The van der Waals surface area contributed by atoms with Crippen LogP contribution in [0.3, 0.4) is 0 Å². The van der Waals surface area contributed by atoms with Gasteiger partial charge in [0.05, 0.1) is 12.0 Å². The van der Waals surface area contributed by atoms with E-state index >= 15 is 0 Å². The number of aliphatic carboxylic acids is 1. The molecule has 0 saturated carbocycles. The number of hydrogen-bond donors (Lipinski definition) is 2.